The summed E-state index contributed by atoms with van der Waals surface area (Å²) < 4.78 is 0. The summed E-state index contributed by atoms with van der Waals surface area (Å²) >= 11 is 0. The summed E-state index contributed by atoms with van der Waals surface area (Å²) in [5, 5.41) is 8.62. The van der Waals surface area contributed by atoms with Crippen LogP contribution in [0.1, 0.15) is 31.7 Å². The van der Waals surface area contributed by atoms with Crippen molar-refractivity contribution in [1.82, 2.24) is 0 Å². The fourth-order valence-corrected chi connectivity index (χ4v) is 2.00. The van der Waals surface area contributed by atoms with Crippen molar-refractivity contribution in [2.45, 2.75) is 38.6 Å². The first-order valence-corrected chi connectivity index (χ1v) is 6.09. The number of carbonyl (C=O) groups is 1. The second-order valence-corrected chi connectivity index (χ2v) is 4.72. The first kappa shape index (κ1) is 13.7. The van der Waals surface area contributed by atoms with E-state index in [9.17, 15) is 4.79 Å². The number of carboxylic acids is 1. The summed E-state index contributed by atoms with van der Waals surface area (Å²) in [4.78, 5) is 10.5. The van der Waals surface area contributed by atoms with Crippen molar-refractivity contribution in [3.8, 4) is 0 Å². The van der Waals surface area contributed by atoms with Crippen LogP contribution in [0.15, 0.2) is 30.3 Å². The first-order chi connectivity index (χ1) is 8.08. The van der Waals surface area contributed by atoms with Crippen molar-refractivity contribution in [1.29, 1.82) is 0 Å². The molecule has 2 atom stereocenters. The van der Waals surface area contributed by atoms with Crippen LogP contribution in [0.4, 0.5) is 0 Å². The Balaban J connectivity index is 2.25. The van der Waals surface area contributed by atoms with Crippen LogP contribution in [0.2, 0.25) is 0 Å². The van der Waals surface area contributed by atoms with E-state index in [-0.39, 0.29) is 12.5 Å². The number of carboxylic acid groups (broad SMARTS) is 1. The smallest absolute Gasteiger partial charge is 0.304 e. The quantitative estimate of drug-likeness (QED) is 0.763. The van der Waals surface area contributed by atoms with E-state index in [1.54, 1.807) is 0 Å². The van der Waals surface area contributed by atoms with Crippen LogP contribution in [-0.4, -0.2) is 17.1 Å². The highest BCUT2D eigenvalue weighted by Crippen LogP contribution is 2.15. The summed E-state index contributed by atoms with van der Waals surface area (Å²) in [6.07, 6.45) is 2.92. The fourth-order valence-electron chi connectivity index (χ4n) is 2.00. The van der Waals surface area contributed by atoms with Gasteiger partial charge in [0.15, 0.2) is 0 Å². The third-order valence-corrected chi connectivity index (χ3v) is 2.91. The summed E-state index contributed by atoms with van der Waals surface area (Å²) in [5.41, 5.74) is 7.09. The van der Waals surface area contributed by atoms with Gasteiger partial charge in [0.1, 0.15) is 0 Å². The molecule has 0 radical (unpaired) electrons. The van der Waals surface area contributed by atoms with Gasteiger partial charge in [0.25, 0.3) is 0 Å². The van der Waals surface area contributed by atoms with Crippen molar-refractivity contribution < 1.29 is 9.90 Å². The third kappa shape index (κ3) is 6.07. The molecule has 0 spiro atoms. The zero-order chi connectivity index (χ0) is 12.7. The SMILES string of the molecule is CC(CCc1ccccc1)CC(N)CC(=O)O. The second kappa shape index (κ2) is 7.07. The van der Waals surface area contributed by atoms with E-state index in [0.717, 1.165) is 19.3 Å². The van der Waals surface area contributed by atoms with Gasteiger partial charge in [-0.15, -0.1) is 0 Å². The lowest BCUT2D eigenvalue weighted by molar-refractivity contribution is -0.137. The Morgan fingerprint density at radius 1 is 1.35 bits per heavy atom. The molecule has 1 aromatic rings. The Hall–Kier alpha value is -1.35. The minimum Gasteiger partial charge on any atom is -0.481 e. The summed E-state index contributed by atoms with van der Waals surface area (Å²) in [7, 11) is 0. The molecule has 1 aromatic carbocycles. The van der Waals surface area contributed by atoms with Gasteiger partial charge in [-0.1, -0.05) is 37.3 Å². The number of benzene rings is 1. The highest BCUT2D eigenvalue weighted by atomic mass is 16.4. The average molecular weight is 235 g/mol. The molecule has 0 aliphatic heterocycles. The fraction of sp³-hybridized carbons (Fsp3) is 0.500. The van der Waals surface area contributed by atoms with Crippen LogP contribution < -0.4 is 5.73 Å². The lowest BCUT2D eigenvalue weighted by Gasteiger charge is -2.15. The Bertz CT molecular complexity index is 337. The first-order valence-electron chi connectivity index (χ1n) is 6.09. The molecule has 0 bridgehead atoms. The second-order valence-electron chi connectivity index (χ2n) is 4.72. The molecule has 0 fully saturated rings. The number of rotatable bonds is 7. The number of aliphatic carboxylic acids is 1. The van der Waals surface area contributed by atoms with E-state index in [0.29, 0.717) is 5.92 Å². The molecule has 0 aromatic heterocycles. The molecule has 17 heavy (non-hydrogen) atoms. The largest absolute Gasteiger partial charge is 0.481 e. The van der Waals surface area contributed by atoms with Crippen molar-refractivity contribution in [2.24, 2.45) is 11.7 Å². The third-order valence-electron chi connectivity index (χ3n) is 2.91. The van der Waals surface area contributed by atoms with Crippen LogP contribution in [0.3, 0.4) is 0 Å². The number of hydrogen-bond donors (Lipinski definition) is 2. The molecule has 94 valence electrons. The van der Waals surface area contributed by atoms with Gasteiger partial charge in [0.05, 0.1) is 6.42 Å². The van der Waals surface area contributed by atoms with E-state index in [1.165, 1.54) is 5.56 Å². The molecule has 0 aliphatic carbocycles. The van der Waals surface area contributed by atoms with E-state index in [4.69, 9.17) is 10.8 Å². The van der Waals surface area contributed by atoms with Crippen LogP contribution in [0.25, 0.3) is 0 Å². The van der Waals surface area contributed by atoms with E-state index in [2.05, 4.69) is 19.1 Å². The molecule has 0 saturated carbocycles. The minimum atomic E-state index is -0.812. The molecule has 0 aliphatic rings. The minimum absolute atomic E-state index is 0.0652. The Morgan fingerprint density at radius 2 is 2.00 bits per heavy atom. The maximum Gasteiger partial charge on any atom is 0.304 e. The van der Waals surface area contributed by atoms with Gasteiger partial charge in [-0.05, 0) is 30.7 Å². The summed E-state index contributed by atoms with van der Waals surface area (Å²) in [6, 6.07) is 10.1. The van der Waals surface area contributed by atoms with Gasteiger partial charge in [0, 0.05) is 6.04 Å². The predicted octanol–water partition coefficient (Wildman–Crippen LogP) is 2.45. The van der Waals surface area contributed by atoms with Gasteiger partial charge in [-0.2, -0.15) is 0 Å². The number of aryl methyl sites for hydroxylation is 1. The molecule has 0 saturated heterocycles. The van der Waals surface area contributed by atoms with Gasteiger partial charge in [-0.25, -0.2) is 0 Å². The molecular weight excluding hydrogens is 214 g/mol. The standard InChI is InChI=1S/C14H21NO2/c1-11(9-13(15)10-14(16)17)7-8-12-5-3-2-4-6-12/h2-6,11,13H,7-10,15H2,1H3,(H,16,17). The Kier molecular flexibility index (Phi) is 5.70. The van der Waals surface area contributed by atoms with Crippen LogP contribution in [0, 0.1) is 5.92 Å². The highest BCUT2D eigenvalue weighted by Gasteiger charge is 2.12. The van der Waals surface area contributed by atoms with Crippen molar-refractivity contribution >= 4 is 5.97 Å². The van der Waals surface area contributed by atoms with Gasteiger partial charge in [0.2, 0.25) is 0 Å². The molecular formula is C14H21NO2. The van der Waals surface area contributed by atoms with E-state index < -0.39 is 5.97 Å². The normalized spacial score (nSPS) is 14.2. The zero-order valence-electron chi connectivity index (χ0n) is 10.3. The molecule has 3 heteroatoms. The lowest BCUT2D eigenvalue weighted by Crippen LogP contribution is -2.26. The van der Waals surface area contributed by atoms with Gasteiger partial charge >= 0.3 is 5.97 Å². The van der Waals surface area contributed by atoms with E-state index >= 15 is 0 Å². The molecule has 1 rings (SSSR count). The number of hydrogen-bond acceptors (Lipinski definition) is 2. The maximum atomic E-state index is 10.5. The van der Waals surface area contributed by atoms with Crippen LogP contribution in [-0.2, 0) is 11.2 Å². The topological polar surface area (TPSA) is 63.3 Å². The molecule has 3 N–H and O–H groups in total. The monoisotopic (exact) mass is 235 g/mol. The molecule has 2 unspecified atom stereocenters. The molecule has 0 heterocycles. The van der Waals surface area contributed by atoms with Crippen LogP contribution in [0.5, 0.6) is 0 Å². The lowest BCUT2D eigenvalue weighted by atomic mass is 9.94. The maximum absolute atomic E-state index is 10.5. The molecule has 0 amide bonds. The van der Waals surface area contributed by atoms with Crippen molar-refractivity contribution in [2.75, 3.05) is 0 Å². The predicted molar refractivity (Wildman–Crippen MR) is 68.8 cm³/mol. The van der Waals surface area contributed by atoms with Crippen molar-refractivity contribution in [3.05, 3.63) is 35.9 Å². The van der Waals surface area contributed by atoms with Gasteiger partial charge in [-0.3, -0.25) is 4.79 Å². The van der Waals surface area contributed by atoms with Crippen LogP contribution >= 0.6 is 0 Å². The highest BCUT2D eigenvalue weighted by molar-refractivity contribution is 5.67. The van der Waals surface area contributed by atoms with Gasteiger partial charge < -0.3 is 10.8 Å². The molecule has 3 nitrogen and oxygen atoms in total. The Labute approximate surface area is 103 Å². The van der Waals surface area contributed by atoms with E-state index in [1.807, 2.05) is 18.2 Å². The summed E-state index contributed by atoms with van der Waals surface area (Å²) in [5.74, 6) is -0.350. The summed E-state index contributed by atoms with van der Waals surface area (Å²) in [6.45, 7) is 2.13. The number of nitrogens with two attached hydrogens (primary N) is 1. The average Bonchev–Trinajstić information content (AvgIpc) is 2.26. The zero-order valence-corrected chi connectivity index (χ0v) is 10.3. The van der Waals surface area contributed by atoms with Crippen molar-refractivity contribution in [3.63, 3.8) is 0 Å². The Morgan fingerprint density at radius 3 is 2.59 bits per heavy atom.